The molecule has 1 saturated carbocycles. The van der Waals surface area contributed by atoms with Gasteiger partial charge in [0.2, 0.25) is 11.8 Å². The Balaban J connectivity index is 2.32. The van der Waals surface area contributed by atoms with E-state index in [2.05, 4.69) is 51.8 Å². The minimum Gasteiger partial charge on any atom is -0.377 e. The van der Waals surface area contributed by atoms with Crippen molar-refractivity contribution in [2.45, 2.75) is 79.8 Å². The van der Waals surface area contributed by atoms with E-state index < -0.39 is 0 Å². The average molecular weight is 416 g/mol. The van der Waals surface area contributed by atoms with Crippen LogP contribution in [0, 0.1) is 17.3 Å². The molecular formula is C25H41N3O2. The molecule has 168 valence electrons. The molecule has 0 aliphatic heterocycles. The number of nitrogens with zero attached hydrogens (tertiary/aromatic N) is 2. The monoisotopic (exact) mass is 415 g/mol. The molecule has 1 atom stereocenters. The van der Waals surface area contributed by atoms with Crippen molar-refractivity contribution in [2.75, 3.05) is 24.3 Å². The molecule has 2 amide bonds. The van der Waals surface area contributed by atoms with Crippen LogP contribution in [0.2, 0.25) is 0 Å². The summed E-state index contributed by atoms with van der Waals surface area (Å²) in [5.74, 6) is 0.796. The first-order valence-electron chi connectivity index (χ1n) is 11.3. The number of hydrogen-bond donors (Lipinski definition) is 1. The fourth-order valence-corrected chi connectivity index (χ4v) is 3.70. The van der Waals surface area contributed by atoms with Gasteiger partial charge in [0.15, 0.2) is 0 Å². The van der Waals surface area contributed by atoms with Gasteiger partial charge in [-0.2, -0.15) is 0 Å². The normalized spacial score (nSPS) is 15.5. The highest BCUT2D eigenvalue weighted by atomic mass is 16.2. The summed E-state index contributed by atoms with van der Waals surface area (Å²) in [5, 5.41) is 3.08. The Bertz CT molecular complexity index is 745. The molecule has 0 radical (unpaired) electrons. The van der Waals surface area contributed by atoms with Crippen molar-refractivity contribution in [3.05, 3.63) is 23.8 Å². The van der Waals surface area contributed by atoms with Crippen molar-refractivity contribution in [1.82, 2.24) is 4.90 Å². The van der Waals surface area contributed by atoms with Crippen LogP contribution in [-0.2, 0) is 16.1 Å². The van der Waals surface area contributed by atoms with Gasteiger partial charge < -0.3 is 15.1 Å². The first-order chi connectivity index (χ1) is 13.9. The van der Waals surface area contributed by atoms with Crippen LogP contribution in [0.5, 0.6) is 0 Å². The second-order valence-electron chi connectivity index (χ2n) is 10.6. The van der Waals surface area contributed by atoms with Crippen LogP contribution in [0.25, 0.3) is 0 Å². The highest BCUT2D eigenvalue weighted by Crippen LogP contribution is 2.31. The number of carbonyl (C=O) groups excluding carboxylic acids is 2. The quantitative estimate of drug-likeness (QED) is 0.627. The zero-order valence-corrected chi connectivity index (χ0v) is 20.2. The van der Waals surface area contributed by atoms with E-state index in [0.717, 1.165) is 36.2 Å². The van der Waals surface area contributed by atoms with Crippen LogP contribution in [0.15, 0.2) is 18.2 Å². The lowest BCUT2D eigenvalue weighted by molar-refractivity contribution is -0.136. The molecule has 2 rings (SSSR count). The third-order valence-electron chi connectivity index (χ3n) is 6.10. The molecule has 30 heavy (non-hydrogen) atoms. The van der Waals surface area contributed by atoms with Gasteiger partial charge in [-0.1, -0.05) is 41.0 Å². The Labute approximate surface area is 183 Å². The van der Waals surface area contributed by atoms with Gasteiger partial charge in [-0.3, -0.25) is 9.59 Å². The highest BCUT2D eigenvalue weighted by Gasteiger charge is 2.28. The molecule has 0 bridgehead atoms. The van der Waals surface area contributed by atoms with E-state index >= 15 is 0 Å². The van der Waals surface area contributed by atoms with E-state index in [9.17, 15) is 9.59 Å². The summed E-state index contributed by atoms with van der Waals surface area (Å²) >= 11 is 0. The molecular weight excluding hydrogens is 374 g/mol. The van der Waals surface area contributed by atoms with Gasteiger partial charge >= 0.3 is 0 Å². The summed E-state index contributed by atoms with van der Waals surface area (Å²) < 4.78 is 0. The third kappa shape index (κ3) is 6.48. The fourth-order valence-electron chi connectivity index (χ4n) is 3.70. The molecule has 1 N–H and O–H groups in total. The summed E-state index contributed by atoms with van der Waals surface area (Å²) in [6.07, 6.45) is 3.62. The molecule has 5 heteroatoms. The molecule has 0 heterocycles. The molecule has 0 aromatic heterocycles. The molecule has 5 nitrogen and oxygen atoms in total. The second-order valence-corrected chi connectivity index (χ2v) is 10.6. The Hall–Kier alpha value is -2.04. The molecule has 0 saturated heterocycles. The van der Waals surface area contributed by atoms with Gasteiger partial charge in [0, 0.05) is 50.4 Å². The van der Waals surface area contributed by atoms with Crippen LogP contribution in [-0.4, -0.2) is 36.9 Å². The molecule has 1 fully saturated rings. The Morgan fingerprint density at radius 1 is 1.13 bits per heavy atom. The van der Waals surface area contributed by atoms with Crippen molar-refractivity contribution in [3.63, 3.8) is 0 Å². The lowest BCUT2D eigenvalue weighted by atomic mass is 9.85. The first-order valence-corrected chi connectivity index (χ1v) is 11.3. The molecule has 1 aliphatic rings. The SMILES string of the molecule is CC(C)[C@H](C)N(Cc1cc(NC(=O)C2CCC2)ccc1N(C)C)C(=O)CC(C)(C)C. The van der Waals surface area contributed by atoms with E-state index in [1.165, 1.54) is 0 Å². The minimum atomic E-state index is -0.0605. The topological polar surface area (TPSA) is 52.7 Å². The molecule has 0 unspecified atom stereocenters. The second kappa shape index (κ2) is 9.84. The van der Waals surface area contributed by atoms with Crippen LogP contribution in [0.4, 0.5) is 11.4 Å². The minimum absolute atomic E-state index is 0.0605. The third-order valence-corrected chi connectivity index (χ3v) is 6.10. The van der Waals surface area contributed by atoms with Crippen molar-refractivity contribution in [2.24, 2.45) is 17.3 Å². The maximum absolute atomic E-state index is 13.2. The zero-order chi connectivity index (χ0) is 22.6. The lowest BCUT2D eigenvalue weighted by Gasteiger charge is -2.35. The Kier molecular flexibility index (Phi) is 7.95. The summed E-state index contributed by atoms with van der Waals surface area (Å²) in [7, 11) is 4.03. The average Bonchev–Trinajstić information content (AvgIpc) is 2.55. The van der Waals surface area contributed by atoms with Crippen molar-refractivity contribution < 1.29 is 9.59 Å². The Morgan fingerprint density at radius 3 is 2.23 bits per heavy atom. The summed E-state index contributed by atoms with van der Waals surface area (Å²) in [6.45, 7) is 13.3. The predicted molar refractivity (Wildman–Crippen MR) is 126 cm³/mol. The number of hydrogen-bond acceptors (Lipinski definition) is 3. The number of benzene rings is 1. The van der Waals surface area contributed by atoms with E-state index in [0.29, 0.717) is 18.9 Å². The van der Waals surface area contributed by atoms with E-state index in [1.54, 1.807) is 0 Å². The maximum atomic E-state index is 13.2. The smallest absolute Gasteiger partial charge is 0.227 e. The molecule has 1 aromatic rings. The number of amides is 2. The molecule has 1 aromatic carbocycles. The van der Waals surface area contributed by atoms with Crippen molar-refractivity contribution >= 4 is 23.2 Å². The van der Waals surface area contributed by atoms with E-state index in [4.69, 9.17) is 0 Å². The first kappa shape index (κ1) is 24.2. The van der Waals surface area contributed by atoms with Crippen LogP contribution in [0.1, 0.15) is 72.8 Å². The summed E-state index contributed by atoms with van der Waals surface area (Å²) in [6, 6.07) is 6.17. The number of anilines is 2. The highest BCUT2D eigenvalue weighted by molar-refractivity contribution is 5.93. The van der Waals surface area contributed by atoms with Crippen molar-refractivity contribution in [3.8, 4) is 0 Å². The molecule has 0 spiro atoms. The van der Waals surface area contributed by atoms with Crippen molar-refractivity contribution in [1.29, 1.82) is 0 Å². The standard InChI is InChI=1S/C25H41N3O2/c1-17(2)18(3)28(23(29)15-25(4,5)6)16-20-14-21(12-13-22(20)27(7)8)26-24(30)19-10-9-11-19/h12-14,17-19H,9-11,15-16H2,1-8H3,(H,26,30)/t18-/m0/s1. The fraction of sp³-hybridized carbons (Fsp3) is 0.680. The van der Waals surface area contributed by atoms with Gasteiger partial charge in [-0.15, -0.1) is 0 Å². The number of rotatable bonds is 8. The van der Waals surface area contributed by atoms with E-state index in [1.807, 2.05) is 37.2 Å². The maximum Gasteiger partial charge on any atom is 0.227 e. The predicted octanol–water partition coefficient (Wildman–Crippen LogP) is 5.30. The number of carbonyl (C=O) groups is 2. The Morgan fingerprint density at radius 2 is 1.77 bits per heavy atom. The van der Waals surface area contributed by atoms with Crippen LogP contribution >= 0.6 is 0 Å². The van der Waals surface area contributed by atoms with Gasteiger partial charge in [-0.05, 0) is 54.9 Å². The van der Waals surface area contributed by atoms with Crippen LogP contribution < -0.4 is 10.2 Å². The van der Waals surface area contributed by atoms with Gasteiger partial charge in [-0.25, -0.2) is 0 Å². The summed E-state index contributed by atoms with van der Waals surface area (Å²) in [4.78, 5) is 29.7. The number of nitrogens with one attached hydrogen (secondary N) is 1. The van der Waals surface area contributed by atoms with Crippen LogP contribution in [0.3, 0.4) is 0 Å². The summed E-state index contributed by atoms with van der Waals surface area (Å²) in [5.41, 5.74) is 2.88. The molecule has 1 aliphatic carbocycles. The lowest BCUT2D eigenvalue weighted by Crippen LogP contribution is -2.42. The van der Waals surface area contributed by atoms with Gasteiger partial charge in [0.25, 0.3) is 0 Å². The van der Waals surface area contributed by atoms with E-state index in [-0.39, 0.29) is 29.2 Å². The largest absolute Gasteiger partial charge is 0.377 e. The zero-order valence-electron chi connectivity index (χ0n) is 20.2. The van der Waals surface area contributed by atoms with Gasteiger partial charge in [0.05, 0.1) is 0 Å². The van der Waals surface area contributed by atoms with Gasteiger partial charge in [0.1, 0.15) is 0 Å².